The van der Waals surface area contributed by atoms with E-state index in [0.29, 0.717) is 6.61 Å². The van der Waals surface area contributed by atoms with Crippen LogP contribution in [-0.2, 0) is 16.2 Å². The van der Waals surface area contributed by atoms with E-state index in [1.54, 1.807) is 6.21 Å². The van der Waals surface area contributed by atoms with Crippen LogP contribution in [0.15, 0.2) is 70.3 Å². The molecule has 2 aliphatic carbocycles. The van der Waals surface area contributed by atoms with Gasteiger partial charge in [0.1, 0.15) is 12.4 Å². The van der Waals surface area contributed by atoms with Gasteiger partial charge in [-0.2, -0.15) is 10.1 Å². The lowest BCUT2D eigenvalue weighted by Gasteiger charge is -2.13. The first-order valence-electron chi connectivity index (χ1n) is 9.67. The van der Waals surface area contributed by atoms with E-state index in [4.69, 9.17) is 4.74 Å². The van der Waals surface area contributed by atoms with E-state index in [9.17, 15) is 9.59 Å². The number of carbonyl (C=O) groups is 2. The molecule has 1 saturated carbocycles. The van der Waals surface area contributed by atoms with Gasteiger partial charge in [0, 0.05) is 4.47 Å². The van der Waals surface area contributed by atoms with Crippen molar-refractivity contribution in [3.05, 3.63) is 76.3 Å². The van der Waals surface area contributed by atoms with Gasteiger partial charge in [-0.1, -0.05) is 40.2 Å². The third-order valence-electron chi connectivity index (χ3n) is 5.97. The fourth-order valence-electron chi connectivity index (χ4n) is 4.52. The van der Waals surface area contributed by atoms with Crippen molar-refractivity contribution in [1.82, 2.24) is 5.01 Å². The summed E-state index contributed by atoms with van der Waals surface area (Å²) in [5.74, 6) is 0.376. The molecule has 1 saturated heterocycles. The molecule has 146 valence electrons. The highest BCUT2D eigenvalue weighted by molar-refractivity contribution is 9.10. The third-order valence-corrected chi connectivity index (χ3v) is 6.50. The highest BCUT2D eigenvalue weighted by Crippen LogP contribution is 2.52. The van der Waals surface area contributed by atoms with Crippen LogP contribution >= 0.6 is 15.9 Å². The second kappa shape index (κ2) is 7.26. The van der Waals surface area contributed by atoms with Gasteiger partial charge in [-0.25, -0.2) is 0 Å². The molecule has 2 fully saturated rings. The van der Waals surface area contributed by atoms with E-state index in [-0.39, 0.29) is 35.5 Å². The van der Waals surface area contributed by atoms with Crippen molar-refractivity contribution in [1.29, 1.82) is 0 Å². The molecule has 2 aromatic rings. The van der Waals surface area contributed by atoms with Crippen molar-refractivity contribution in [2.24, 2.45) is 28.8 Å². The Hall–Kier alpha value is -2.73. The zero-order valence-corrected chi connectivity index (χ0v) is 17.2. The lowest BCUT2D eigenvalue weighted by molar-refractivity contribution is -0.140. The first-order chi connectivity index (χ1) is 14.1. The van der Waals surface area contributed by atoms with E-state index < -0.39 is 0 Å². The average molecular weight is 451 g/mol. The maximum absolute atomic E-state index is 12.6. The van der Waals surface area contributed by atoms with E-state index in [1.165, 1.54) is 0 Å². The van der Waals surface area contributed by atoms with Crippen LogP contribution in [0, 0.1) is 23.7 Å². The summed E-state index contributed by atoms with van der Waals surface area (Å²) in [7, 11) is 0. The molecular formula is C23H19BrN2O3. The van der Waals surface area contributed by atoms with Gasteiger partial charge >= 0.3 is 0 Å². The van der Waals surface area contributed by atoms with Crippen LogP contribution in [0.1, 0.15) is 17.5 Å². The summed E-state index contributed by atoms with van der Waals surface area (Å²) in [6.45, 7) is 0.483. The molecule has 0 radical (unpaired) electrons. The van der Waals surface area contributed by atoms with Crippen LogP contribution < -0.4 is 4.74 Å². The number of nitrogens with zero attached hydrogens (tertiary/aromatic N) is 2. The number of rotatable bonds is 5. The summed E-state index contributed by atoms with van der Waals surface area (Å²) in [5.41, 5.74) is 1.89. The summed E-state index contributed by atoms with van der Waals surface area (Å²) in [6, 6.07) is 15.4. The number of benzene rings is 2. The topological polar surface area (TPSA) is 59.0 Å². The zero-order valence-electron chi connectivity index (χ0n) is 15.6. The van der Waals surface area contributed by atoms with E-state index in [2.05, 4.69) is 33.2 Å². The van der Waals surface area contributed by atoms with Crippen LogP contribution in [0.4, 0.5) is 0 Å². The van der Waals surface area contributed by atoms with Crippen molar-refractivity contribution in [3.63, 3.8) is 0 Å². The summed E-state index contributed by atoms with van der Waals surface area (Å²) in [4.78, 5) is 25.3. The Morgan fingerprint density at radius 3 is 2.21 bits per heavy atom. The van der Waals surface area contributed by atoms with Crippen molar-refractivity contribution in [2.45, 2.75) is 13.0 Å². The van der Waals surface area contributed by atoms with E-state index in [0.717, 1.165) is 32.8 Å². The van der Waals surface area contributed by atoms with Gasteiger partial charge in [0.25, 0.3) is 11.8 Å². The quantitative estimate of drug-likeness (QED) is 0.390. The monoisotopic (exact) mass is 450 g/mol. The summed E-state index contributed by atoms with van der Waals surface area (Å²) in [6.07, 6.45) is 6.64. The van der Waals surface area contributed by atoms with Crippen LogP contribution in [0.3, 0.4) is 0 Å². The number of imide groups is 1. The maximum Gasteiger partial charge on any atom is 0.254 e. The van der Waals surface area contributed by atoms with Gasteiger partial charge in [0.05, 0.1) is 18.1 Å². The number of hydrogen-bond acceptors (Lipinski definition) is 4. The molecule has 5 rings (SSSR count). The molecule has 1 heterocycles. The molecule has 3 aliphatic rings. The minimum atomic E-state index is -0.218. The lowest BCUT2D eigenvalue weighted by Crippen LogP contribution is -2.28. The smallest absolute Gasteiger partial charge is 0.254 e. The Morgan fingerprint density at radius 1 is 0.966 bits per heavy atom. The third kappa shape index (κ3) is 3.31. The normalized spacial score (nSPS) is 27.3. The predicted molar refractivity (Wildman–Crippen MR) is 112 cm³/mol. The van der Waals surface area contributed by atoms with Crippen LogP contribution in [0.5, 0.6) is 5.75 Å². The molecule has 0 N–H and O–H groups in total. The summed E-state index contributed by atoms with van der Waals surface area (Å²) < 4.78 is 6.83. The number of halogens is 1. The summed E-state index contributed by atoms with van der Waals surface area (Å²) in [5, 5.41) is 5.27. The van der Waals surface area contributed by atoms with Crippen molar-refractivity contribution in [2.75, 3.05) is 0 Å². The molecule has 2 aromatic carbocycles. The molecule has 0 spiro atoms. The fourth-order valence-corrected chi connectivity index (χ4v) is 4.79. The highest BCUT2D eigenvalue weighted by Gasteiger charge is 2.59. The maximum atomic E-state index is 12.6. The SMILES string of the molecule is O=C1[C@@H]2[C@H](C(=O)N1/N=C\c1ccc(OCc3ccc(Br)cc3)cc1)[C@H]1C=C[C@H]2C1. The second-order valence-corrected chi connectivity index (χ2v) is 8.63. The molecule has 5 nitrogen and oxygen atoms in total. The molecule has 4 atom stereocenters. The van der Waals surface area contributed by atoms with E-state index >= 15 is 0 Å². The highest BCUT2D eigenvalue weighted by atomic mass is 79.9. The molecule has 2 bridgehead atoms. The summed E-state index contributed by atoms with van der Waals surface area (Å²) >= 11 is 3.42. The fraction of sp³-hybridized carbons (Fsp3) is 0.261. The Bertz CT molecular complexity index is 983. The standard InChI is InChI=1S/C23H19BrN2O3/c24-18-7-1-15(2-8-18)13-29-19-9-3-14(4-10-19)12-25-26-22(27)20-16-5-6-17(11-16)21(20)23(26)28/h1-10,12,16-17,20-21H,11,13H2/b25-12-/t16-,17-,20-,21+/m0/s1. The van der Waals surface area contributed by atoms with Gasteiger partial charge in [0.2, 0.25) is 0 Å². The van der Waals surface area contributed by atoms with Gasteiger partial charge in [0.15, 0.2) is 0 Å². The molecule has 0 aromatic heterocycles. The Balaban J connectivity index is 1.22. The number of fused-ring (bicyclic) bond motifs is 5. The minimum absolute atomic E-state index is 0.164. The number of carbonyl (C=O) groups excluding carboxylic acids is 2. The lowest BCUT2D eigenvalue weighted by atomic mass is 9.85. The number of hydrazone groups is 1. The van der Waals surface area contributed by atoms with Gasteiger partial charge in [-0.15, -0.1) is 0 Å². The number of allylic oxidation sites excluding steroid dienone is 2. The van der Waals surface area contributed by atoms with E-state index in [1.807, 2.05) is 48.5 Å². The molecule has 1 aliphatic heterocycles. The number of hydrogen-bond donors (Lipinski definition) is 0. The Morgan fingerprint density at radius 2 is 1.59 bits per heavy atom. The first-order valence-corrected chi connectivity index (χ1v) is 10.5. The molecule has 2 amide bonds. The van der Waals surface area contributed by atoms with Crippen LogP contribution in [-0.4, -0.2) is 23.0 Å². The van der Waals surface area contributed by atoms with Gasteiger partial charge in [-0.05, 0) is 65.8 Å². The minimum Gasteiger partial charge on any atom is -0.489 e. The second-order valence-electron chi connectivity index (χ2n) is 7.72. The number of amides is 2. The van der Waals surface area contributed by atoms with Crippen molar-refractivity contribution < 1.29 is 14.3 Å². The first kappa shape index (κ1) is 18.3. The largest absolute Gasteiger partial charge is 0.489 e. The van der Waals surface area contributed by atoms with Gasteiger partial charge < -0.3 is 4.74 Å². The number of ether oxygens (including phenoxy) is 1. The van der Waals surface area contributed by atoms with Crippen LogP contribution in [0.25, 0.3) is 0 Å². The Kier molecular flexibility index (Phi) is 4.59. The van der Waals surface area contributed by atoms with Crippen molar-refractivity contribution >= 4 is 34.0 Å². The molecule has 29 heavy (non-hydrogen) atoms. The van der Waals surface area contributed by atoms with Crippen LogP contribution in [0.2, 0.25) is 0 Å². The average Bonchev–Trinajstić information content (AvgIpc) is 3.41. The molecule has 6 heteroatoms. The molecule has 0 unspecified atom stereocenters. The predicted octanol–water partition coefficient (Wildman–Crippen LogP) is 4.17. The van der Waals surface area contributed by atoms with Gasteiger partial charge in [-0.3, -0.25) is 9.59 Å². The van der Waals surface area contributed by atoms with Crippen molar-refractivity contribution in [3.8, 4) is 5.75 Å². The molecular weight excluding hydrogens is 432 g/mol. The Labute approximate surface area is 177 Å². The zero-order chi connectivity index (χ0) is 20.0.